The van der Waals surface area contributed by atoms with E-state index in [1.807, 2.05) is 0 Å². The lowest BCUT2D eigenvalue weighted by molar-refractivity contribution is 0.590. The average Bonchev–Trinajstić information content (AvgIpc) is 3.66. The van der Waals surface area contributed by atoms with Crippen molar-refractivity contribution < 1.29 is 0 Å². The van der Waals surface area contributed by atoms with Gasteiger partial charge >= 0.3 is 0 Å². The molecule has 0 radical (unpaired) electrons. The molecule has 0 spiro atoms. The molecule has 0 bridgehead atoms. The number of benzene rings is 10. The van der Waals surface area contributed by atoms with Crippen LogP contribution in [0.4, 0.5) is 17.1 Å². The highest BCUT2D eigenvalue weighted by atomic mass is 15.1. The minimum absolute atomic E-state index is 0.0653. The summed E-state index contributed by atoms with van der Waals surface area (Å²) in [7, 11) is 0. The summed E-state index contributed by atoms with van der Waals surface area (Å²) in [5, 5.41) is 10.1. The lowest BCUT2D eigenvalue weighted by Crippen LogP contribution is -2.17. The van der Waals surface area contributed by atoms with Gasteiger partial charge in [-0.1, -0.05) is 217 Å². The SMILES string of the molecule is CC(C)(C)c1ccc(-c2cc(N(c3cc(-c4ccc(C(C)(C)C)cc4)cc(C(C)(C)C)c3)c3ccc4ccc5c(-n6c7ccccc7c7ccccc76)ccc6ccc3c4c65)cc(C(C)(C)C)c2)cc1. The molecule has 10 aromatic carbocycles. The van der Waals surface area contributed by atoms with E-state index in [0.29, 0.717) is 0 Å². The zero-order chi connectivity index (χ0) is 49.1. The van der Waals surface area contributed by atoms with Gasteiger partial charge in [0.25, 0.3) is 0 Å². The van der Waals surface area contributed by atoms with E-state index >= 15 is 0 Å². The van der Waals surface area contributed by atoms with Gasteiger partial charge in [0.1, 0.15) is 0 Å². The van der Waals surface area contributed by atoms with Crippen LogP contribution < -0.4 is 4.90 Å². The van der Waals surface area contributed by atoms with Crippen molar-refractivity contribution in [2.45, 2.75) is 105 Å². The second-order valence-electron chi connectivity index (χ2n) is 24.0. The number of anilines is 3. The zero-order valence-electron chi connectivity index (χ0n) is 43.2. The molecule has 11 rings (SSSR count). The summed E-state index contributed by atoms with van der Waals surface area (Å²) in [5.41, 5.74) is 17.1. The highest BCUT2D eigenvalue weighted by Gasteiger charge is 2.26. The van der Waals surface area contributed by atoms with Crippen LogP contribution >= 0.6 is 0 Å². The van der Waals surface area contributed by atoms with Gasteiger partial charge in [0.05, 0.1) is 22.4 Å². The molecular formula is C68H66N2. The van der Waals surface area contributed by atoms with Crippen molar-refractivity contribution in [1.29, 1.82) is 0 Å². The fraction of sp³-hybridized carbons (Fsp3) is 0.235. The number of aromatic nitrogens is 1. The van der Waals surface area contributed by atoms with E-state index in [2.05, 4.69) is 275 Å². The summed E-state index contributed by atoms with van der Waals surface area (Å²) in [6, 6.07) is 69.6. The van der Waals surface area contributed by atoms with Crippen LogP contribution in [0.15, 0.2) is 182 Å². The number of hydrogen-bond acceptors (Lipinski definition) is 1. The topological polar surface area (TPSA) is 8.17 Å². The second kappa shape index (κ2) is 16.2. The standard InChI is InChI=1S/C68H66N2/c1-65(2,3)49-29-21-43(22-30-49)47-37-51(67(7,8)9)41-53(39-47)69(54-40-48(38-52(42-54)68(10,11)12)44-23-31-50(32-24-44)66(4,5)6)61-35-27-45-26-34-58-62(36-28-46-25-33-57(61)63(45)64(46)58)70-59-19-15-13-17-55(59)56-18-14-16-20-60(56)70/h13-42H,1-12H3. The van der Waals surface area contributed by atoms with E-state index in [0.717, 1.165) is 17.1 Å². The van der Waals surface area contributed by atoms with Crippen LogP contribution in [0.25, 0.3) is 82.1 Å². The molecule has 0 amide bonds. The fourth-order valence-electron chi connectivity index (χ4n) is 10.8. The molecule has 0 saturated carbocycles. The molecule has 11 aromatic rings. The van der Waals surface area contributed by atoms with Crippen LogP contribution in [0.3, 0.4) is 0 Å². The van der Waals surface area contributed by atoms with Crippen LogP contribution in [0.5, 0.6) is 0 Å². The molecular weight excluding hydrogens is 845 g/mol. The normalized spacial score (nSPS) is 12.9. The molecule has 0 N–H and O–H groups in total. The van der Waals surface area contributed by atoms with Gasteiger partial charge in [-0.15, -0.1) is 0 Å². The number of rotatable bonds is 6. The Bertz CT molecular complexity index is 3600. The third-order valence-corrected chi connectivity index (χ3v) is 14.9. The van der Waals surface area contributed by atoms with Crippen LogP contribution in [0.1, 0.15) is 105 Å². The van der Waals surface area contributed by atoms with E-state index in [1.165, 1.54) is 104 Å². The predicted molar refractivity (Wildman–Crippen MR) is 305 cm³/mol. The third kappa shape index (κ3) is 7.83. The molecule has 1 aromatic heterocycles. The van der Waals surface area contributed by atoms with E-state index in [1.54, 1.807) is 0 Å². The molecule has 0 saturated heterocycles. The van der Waals surface area contributed by atoms with Crippen molar-refractivity contribution in [1.82, 2.24) is 4.57 Å². The lowest BCUT2D eigenvalue weighted by Gasteiger charge is -2.32. The molecule has 0 atom stereocenters. The van der Waals surface area contributed by atoms with Gasteiger partial charge in [-0.25, -0.2) is 0 Å². The third-order valence-electron chi connectivity index (χ3n) is 14.9. The summed E-state index contributed by atoms with van der Waals surface area (Å²) >= 11 is 0. The van der Waals surface area contributed by atoms with Gasteiger partial charge in [0.15, 0.2) is 0 Å². The Morgan fingerprint density at radius 2 is 0.714 bits per heavy atom. The molecule has 0 unspecified atom stereocenters. The molecule has 1 heterocycles. The van der Waals surface area contributed by atoms with Gasteiger partial charge in [0, 0.05) is 32.9 Å². The molecule has 2 nitrogen and oxygen atoms in total. The first kappa shape index (κ1) is 45.3. The summed E-state index contributed by atoms with van der Waals surface area (Å²) in [6.45, 7) is 27.8. The van der Waals surface area contributed by atoms with Crippen molar-refractivity contribution in [2.75, 3.05) is 4.90 Å². The molecule has 348 valence electrons. The number of para-hydroxylation sites is 2. The molecule has 2 heteroatoms. The van der Waals surface area contributed by atoms with Crippen LogP contribution in [-0.2, 0) is 21.7 Å². The number of hydrogen-bond donors (Lipinski definition) is 0. The number of nitrogens with zero attached hydrogens (tertiary/aromatic N) is 2. The van der Waals surface area contributed by atoms with Crippen molar-refractivity contribution in [2.24, 2.45) is 0 Å². The van der Waals surface area contributed by atoms with Gasteiger partial charge < -0.3 is 9.47 Å². The maximum Gasteiger partial charge on any atom is 0.0541 e. The molecule has 0 aliphatic rings. The Kier molecular flexibility index (Phi) is 10.5. The highest BCUT2D eigenvalue weighted by Crippen LogP contribution is 2.48. The van der Waals surface area contributed by atoms with E-state index in [4.69, 9.17) is 0 Å². The van der Waals surface area contributed by atoms with Crippen molar-refractivity contribution in [3.63, 3.8) is 0 Å². The lowest BCUT2D eigenvalue weighted by atomic mass is 9.83. The Labute approximate surface area is 415 Å². The fourth-order valence-corrected chi connectivity index (χ4v) is 10.8. The zero-order valence-corrected chi connectivity index (χ0v) is 43.2. The van der Waals surface area contributed by atoms with E-state index in [9.17, 15) is 0 Å². The van der Waals surface area contributed by atoms with E-state index in [-0.39, 0.29) is 21.7 Å². The first-order valence-electron chi connectivity index (χ1n) is 25.2. The minimum Gasteiger partial charge on any atom is -0.310 e. The van der Waals surface area contributed by atoms with Gasteiger partial charge in [0.2, 0.25) is 0 Å². The molecule has 70 heavy (non-hydrogen) atoms. The summed E-state index contributed by atoms with van der Waals surface area (Å²) in [4.78, 5) is 2.57. The van der Waals surface area contributed by atoms with Gasteiger partial charge in [-0.3, -0.25) is 0 Å². The Morgan fingerprint density at radius 3 is 1.17 bits per heavy atom. The Morgan fingerprint density at radius 1 is 0.314 bits per heavy atom. The Hall–Kier alpha value is -7.16. The van der Waals surface area contributed by atoms with Crippen LogP contribution in [-0.4, -0.2) is 4.57 Å². The minimum atomic E-state index is -0.110. The molecule has 0 aliphatic carbocycles. The smallest absolute Gasteiger partial charge is 0.0541 e. The van der Waals surface area contributed by atoms with Gasteiger partial charge in [-0.2, -0.15) is 0 Å². The maximum atomic E-state index is 2.57. The van der Waals surface area contributed by atoms with Crippen molar-refractivity contribution in [3.05, 3.63) is 204 Å². The predicted octanol–water partition coefficient (Wildman–Crippen LogP) is 19.7. The van der Waals surface area contributed by atoms with Crippen LogP contribution in [0.2, 0.25) is 0 Å². The maximum absolute atomic E-state index is 2.57. The van der Waals surface area contributed by atoms with Crippen molar-refractivity contribution >= 4 is 71.2 Å². The average molecular weight is 911 g/mol. The monoisotopic (exact) mass is 911 g/mol. The summed E-state index contributed by atoms with van der Waals surface area (Å²) in [6.07, 6.45) is 0. The van der Waals surface area contributed by atoms with Gasteiger partial charge in [-0.05, 0) is 136 Å². The first-order valence-corrected chi connectivity index (χ1v) is 25.2. The largest absolute Gasteiger partial charge is 0.310 e. The quantitative estimate of drug-likeness (QED) is 0.151. The van der Waals surface area contributed by atoms with Crippen LogP contribution in [0, 0.1) is 0 Å². The molecule has 0 fully saturated rings. The Balaban J connectivity index is 1.21. The molecule has 0 aliphatic heterocycles. The first-order chi connectivity index (χ1) is 33.2. The summed E-state index contributed by atoms with van der Waals surface area (Å²) in [5.74, 6) is 0. The van der Waals surface area contributed by atoms with Crippen molar-refractivity contribution in [3.8, 4) is 27.9 Å². The van der Waals surface area contributed by atoms with E-state index < -0.39 is 0 Å². The second-order valence-corrected chi connectivity index (χ2v) is 24.0. The summed E-state index contributed by atoms with van der Waals surface area (Å²) < 4.78 is 2.48. The highest BCUT2D eigenvalue weighted by molar-refractivity contribution is 6.27. The number of fused-ring (bicyclic) bond motifs is 3.